The summed E-state index contributed by atoms with van der Waals surface area (Å²) in [6.07, 6.45) is -10.4. The summed E-state index contributed by atoms with van der Waals surface area (Å²) in [6.45, 7) is 1.39. The summed E-state index contributed by atoms with van der Waals surface area (Å²) in [6, 6.07) is 4.56. The Bertz CT molecular complexity index is 1270. The number of rotatable bonds is 10. The van der Waals surface area contributed by atoms with E-state index in [4.69, 9.17) is 98.0 Å². The molecule has 2 heterocycles. The number of carbonyl (C=O) groups is 3. The highest BCUT2D eigenvalue weighted by Crippen LogP contribution is 2.35. The number of benzene rings is 1. The van der Waals surface area contributed by atoms with E-state index in [9.17, 15) is 25.0 Å². The highest BCUT2D eigenvalue weighted by molar-refractivity contribution is 6.76. The van der Waals surface area contributed by atoms with Gasteiger partial charge in [0.1, 0.15) is 24.3 Å². The van der Waals surface area contributed by atoms with E-state index >= 15 is 0 Å². The van der Waals surface area contributed by atoms with Crippen LogP contribution in [0.1, 0.15) is 12.5 Å². The summed E-state index contributed by atoms with van der Waals surface area (Å²) in [4.78, 5) is 41.3. The number of nitrogens with zero attached hydrogens (tertiary/aromatic N) is 3. The summed E-state index contributed by atoms with van der Waals surface area (Å²) < 4.78 is 29.1. The van der Waals surface area contributed by atoms with Gasteiger partial charge in [-0.1, -0.05) is 105 Å². The Kier molecular flexibility index (Phi) is 14.1. The minimum Gasteiger partial charge on any atom is -0.467 e. The molecule has 2 aliphatic heterocycles. The molecule has 21 heteroatoms. The van der Waals surface area contributed by atoms with E-state index in [0.717, 1.165) is 7.11 Å². The van der Waals surface area contributed by atoms with Gasteiger partial charge in [-0.3, -0.25) is 9.59 Å². The first kappa shape index (κ1) is 38.9. The van der Waals surface area contributed by atoms with Crippen LogP contribution in [0.25, 0.3) is 10.4 Å². The van der Waals surface area contributed by atoms with Crippen LogP contribution in [0, 0.1) is 0 Å². The SMILES string of the molecule is COC(=O)[C@@H]1O[C@@H](O[C@H]2[C@@H](N=[N+]=[N-])[C@@H](C)O[C@@H](OC)[C@@H]2NC(=O)C(Cl)(Cl)Cl)[C@H](NC(=O)C(Cl)(Cl)Cl)[C@@H](OCc2ccccc2)[C@H]1O. The lowest BCUT2D eigenvalue weighted by molar-refractivity contribution is -0.307. The van der Waals surface area contributed by atoms with Gasteiger partial charge in [0.05, 0.1) is 32.0 Å². The Balaban J connectivity index is 2.12. The summed E-state index contributed by atoms with van der Waals surface area (Å²) in [7, 11) is 2.29. The van der Waals surface area contributed by atoms with Crippen molar-refractivity contribution in [3.05, 3.63) is 46.3 Å². The lowest BCUT2D eigenvalue weighted by Gasteiger charge is -2.48. The van der Waals surface area contributed by atoms with Crippen molar-refractivity contribution in [2.24, 2.45) is 5.11 Å². The second-order valence-electron chi connectivity index (χ2n) is 9.94. The first-order chi connectivity index (χ1) is 21.5. The standard InChI is InChI=1S/C25H29Cl6N5O10/c1-10-12(35-36-32)16(13(20(42-3)44-10)33-22(39)24(26,27)28)45-21-14(34-23(40)25(29,30)31)17(15(37)18(46-21)19(38)41-2)43-9-11-7-5-4-6-8-11/h4-8,10,12-18,20-21,37H,9H2,1-3H3,(H,33,39)(H,34,40)/t10-,12+,13-,14-,15-,16+,17-,18-,20-,21-/m1/s1. The number of hydrogen-bond acceptors (Lipinski definition) is 11. The van der Waals surface area contributed by atoms with Crippen LogP contribution in [0.5, 0.6) is 0 Å². The lowest BCUT2D eigenvalue weighted by atomic mass is 9.93. The zero-order valence-electron chi connectivity index (χ0n) is 24.1. The molecule has 0 unspecified atom stereocenters. The number of halogens is 6. The summed E-state index contributed by atoms with van der Waals surface area (Å²) in [5.41, 5.74) is 10.0. The zero-order valence-corrected chi connectivity index (χ0v) is 28.6. The first-order valence-electron chi connectivity index (χ1n) is 13.2. The Hall–Kier alpha value is -1.56. The molecule has 0 aliphatic carbocycles. The minimum atomic E-state index is -2.51. The molecule has 3 N–H and O–H groups in total. The molecule has 2 fully saturated rings. The van der Waals surface area contributed by atoms with Crippen molar-refractivity contribution in [1.29, 1.82) is 0 Å². The minimum absolute atomic E-state index is 0.132. The fraction of sp³-hybridized carbons (Fsp3) is 0.640. The lowest BCUT2D eigenvalue weighted by Crippen LogP contribution is -2.70. The molecule has 2 aliphatic rings. The van der Waals surface area contributed by atoms with Crippen LogP contribution in [0.15, 0.2) is 35.4 Å². The number of ether oxygens (including phenoxy) is 6. The van der Waals surface area contributed by atoms with Crippen LogP contribution < -0.4 is 10.6 Å². The van der Waals surface area contributed by atoms with Gasteiger partial charge in [-0.25, -0.2) is 4.79 Å². The normalized spacial score (nSPS) is 31.7. The fourth-order valence-electron chi connectivity index (χ4n) is 4.77. The summed E-state index contributed by atoms with van der Waals surface area (Å²) >= 11 is 34.8. The molecule has 2 amide bonds. The van der Waals surface area contributed by atoms with Crippen LogP contribution >= 0.6 is 69.6 Å². The second kappa shape index (κ2) is 16.7. The number of alkyl halides is 6. The van der Waals surface area contributed by atoms with Crippen LogP contribution in [0.2, 0.25) is 0 Å². The average molecular weight is 772 g/mol. The molecule has 0 spiro atoms. The monoisotopic (exact) mass is 769 g/mol. The van der Waals surface area contributed by atoms with Crippen molar-refractivity contribution in [3.63, 3.8) is 0 Å². The molecule has 2 saturated heterocycles. The molecule has 0 saturated carbocycles. The summed E-state index contributed by atoms with van der Waals surface area (Å²) in [5.74, 6) is -3.35. The van der Waals surface area contributed by atoms with Crippen LogP contribution in [-0.4, -0.2) is 106 Å². The van der Waals surface area contributed by atoms with Crippen molar-refractivity contribution in [2.75, 3.05) is 14.2 Å². The molecule has 1 aromatic rings. The Morgan fingerprint density at radius 2 is 1.52 bits per heavy atom. The van der Waals surface area contributed by atoms with Crippen LogP contribution in [-0.2, 0) is 49.4 Å². The van der Waals surface area contributed by atoms with Gasteiger partial charge in [0.2, 0.25) is 0 Å². The van der Waals surface area contributed by atoms with E-state index in [0.29, 0.717) is 5.56 Å². The maximum atomic E-state index is 13.0. The number of amides is 2. The van der Waals surface area contributed by atoms with E-state index in [1.165, 1.54) is 14.0 Å². The smallest absolute Gasteiger partial charge is 0.337 e. The van der Waals surface area contributed by atoms with Gasteiger partial charge in [0, 0.05) is 12.0 Å². The zero-order chi connectivity index (χ0) is 34.4. The predicted molar refractivity (Wildman–Crippen MR) is 165 cm³/mol. The number of hydrogen-bond donors (Lipinski definition) is 3. The van der Waals surface area contributed by atoms with E-state index in [1.807, 2.05) is 0 Å². The Morgan fingerprint density at radius 3 is 2.02 bits per heavy atom. The van der Waals surface area contributed by atoms with Gasteiger partial charge in [0.15, 0.2) is 18.7 Å². The summed E-state index contributed by atoms with van der Waals surface area (Å²) in [5, 5.41) is 19.9. The molecule has 46 heavy (non-hydrogen) atoms. The number of carbonyl (C=O) groups excluding carboxylic acids is 3. The third-order valence-electron chi connectivity index (χ3n) is 6.93. The molecule has 0 radical (unpaired) electrons. The molecule has 256 valence electrons. The molecular weight excluding hydrogens is 743 g/mol. The fourth-order valence-corrected chi connectivity index (χ4v) is 5.09. The number of nitrogens with one attached hydrogen (secondary N) is 2. The van der Waals surface area contributed by atoms with Gasteiger partial charge in [-0.05, 0) is 18.0 Å². The molecule has 0 aromatic heterocycles. The molecule has 0 bridgehead atoms. The van der Waals surface area contributed by atoms with Crippen molar-refractivity contribution >= 4 is 87.4 Å². The molecule has 1 aromatic carbocycles. The number of methoxy groups -OCH3 is 2. The van der Waals surface area contributed by atoms with Crippen molar-refractivity contribution < 1.29 is 47.9 Å². The van der Waals surface area contributed by atoms with Crippen LogP contribution in [0.3, 0.4) is 0 Å². The molecule has 10 atom stereocenters. The van der Waals surface area contributed by atoms with E-state index in [-0.39, 0.29) is 6.61 Å². The number of aliphatic hydroxyl groups is 1. The van der Waals surface area contributed by atoms with Crippen molar-refractivity contribution in [1.82, 2.24) is 10.6 Å². The van der Waals surface area contributed by atoms with E-state index < -0.39 is 86.6 Å². The van der Waals surface area contributed by atoms with Gasteiger partial charge < -0.3 is 44.2 Å². The van der Waals surface area contributed by atoms with Crippen LogP contribution in [0.4, 0.5) is 0 Å². The Morgan fingerprint density at radius 1 is 0.957 bits per heavy atom. The van der Waals surface area contributed by atoms with Gasteiger partial charge in [0.25, 0.3) is 19.4 Å². The predicted octanol–water partition coefficient (Wildman–Crippen LogP) is 3.00. The van der Waals surface area contributed by atoms with Gasteiger partial charge >= 0.3 is 5.97 Å². The number of esters is 1. The first-order valence-corrected chi connectivity index (χ1v) is 15.5. The number of aliphatic hydroxyl groups excluding tert-OH is 1. The quantitative estimate of drug-likeness (QED) is 0.105. The van der Waals surface area contributed by atoms with Crippen molar-refractivity contribution in [2.45, 2.75) is 82.3 Å². The molecule has 15 nitrogen and oxygen atoms in total. The largest absolute Gasteiger partial charge is 0.467 e. The Labute approximate surface area is 292 Å². The third kappa shape index (κ3) is 9.75. The highest BCUT2D eigenvalue weighted by Gasteiger charge is 2.55. The van der Waals surface area contributed by atoms with Gasteiger partial charge in [-0.2, -0.15) is 0 Å². The number of azide groups is 1. The maximum absolute atomic E-state index is 13.0. The van der Waals surface area contributed by atoms with E-state index in [2.05, 4.69) is 20.7 Å². The average Bonchev–Trinajstić information content (AvgIpc) is 2.99. The maximum Gasteiger partial charge on any atom is 0.337 e. The molecular formula is C25H29Cl6N5O10. The molecule has 3 rings (SSSR count). The third-order valence-corrected chi connectivity index (χ3v) is 7.96. The van der Waals surface area contributed by atoms with Gasteiger partial charge in [-0.15, -0.1) is 0 Å². The van der Waals surface area contributed by atoms with E-state index in [1.54, 1.807) is 30.3 Å². The van der Waals surface area contributed by atoms with Crippen molar-refractivity contribution in [3.8, 4) is 0 Å². The second-order valence-corrected chi connectivity index (χ2v) is 14.5. The highest BCUT2D eigenvalue weighted by atomic mass is 35.6. The topological polar surface area (TPSA) is 200 Å².